The fraction of sp³-hybridized carbons (Fsp3) is 0.150. The smallest absolute Gasteiger partial charge is 0.416 e. The first-order chi connectivity index (χ1) is 14.1. The molecule has 6 nitrogen and oxygen atoms in total. The second-order valence-electron chi connectivity index (χ2n) is 6.28. The number of sulfonamides is 1. The third kappa shape index (κ3) is 4.89. The molecule has 0 atom stereocenters. The van der Waals surface area contributed by atoms with Gasteiger partial charge in [0.2, 0.25) is 10.0 Å². The Labute approximate surface area is 170 Å². The highest BCUT2D eigenvalue weighted by atomic mass is 32.2. The molecule has 10 heteroatoms. The van der Waals surface area contributed by atoms with Gasteiger partial charge in [0.25, 0.3) is 5.91 Å². The number of furan rings is 1. The van der Waals surface area contributed by atoms with Gasteiger partial charge in [0.1, 0.15) is 5.76 Å². The van der Waals surface area contributed by atoms with Gasteiger partial charge in [0.15, 0.2) is 5.76 Å². The van der Waals surface area contributed by atoms with Gasteiger partial charge >= 0.3 is 6.18 Å². The van der Waals surface area contributed by atoms with Crippen molar-refractivity contribution in [3.05, 3.63) is 77.6 Å². The summed E-state index contributed by atoms with van der Waals surface area (Å²) >= 11 is 0. The van der Waals surface area contributed by atoms with Crippen molar-refractivity contribution < 1.29 is 30.8 Å². The van der Waals surface area contributed by atoms with Crippen LogP contribution in [0.25, 0.3) is 11.3 Å². The van der Waals surface area contributed by atoms with Crippen LogP contribution in [0.4, 0.5) is 13.2 Å². The number of carbonyl (C=O) groups excluding carboxylic acids is 1. The van der Waals surface area contributed by atoms with Crippen molar-refractivity contribution >= 4 is 15.9 Å². The van der Waals surface area contributed by atoms with Crippen molar-refractivity contribution in [3.8, 4) is 11.3 Å². The Bertz CT molecular complexity index is 1150. The summed E-state index contributed by atoms with van der Waals surface area (Å²) in [6, 6.07) is 13.3. The van der Waals surface area contributed by atoms with Crippen LogP contribution in [0, 0.1) is 0 Å². The molecule has 0 aliphatic carbocycles. The van der Waals surface area contributed by atoms with Crippen molar-refractivity contribution in [1.29, 1.82) is 0 Å². The summed E-state index contributed by atoms with van der Waals surface area (Å²) in [5, 5.41) is 2.61. The molecule has 1 amide bonds. The zero-order chi connectivity index (χ0) is 21.9. The first-order valence-corrected chi connectivity index (χ1v) is 10.2. The van der Waals surface area contributed by atoms with Crippen LogP contribution in [-0.4, -0.2) is 21.4 Å². The summed E-state index contributed by atoms with van der Waals surface area (Å²) in [6.07, 6.45) is -4.48. The maximum absolute atomic E-state index is 12.9. The van der Waals surface area contributed by atoms with E-state index in [9.17, 15) is 26.4 Å². The summed E-state index contributed by atoms with van der Waals surface area (Å²) in [4.78, 5) is 12.4. The van der Waals surface area contributed by atoms with E-state index in [2.05, 4.69) is 10.0 Å². The molecule has 0 unspecified atom stereocenters. The molecule has 2 aromatic carbocycles. The molecule has 0 radical (unpaired) electrons. The van der Waals surface area contributed by atoms with Gasteiger partial charge < -0.3 is 9.73 Å². The van der Waals surface area contributed by atoms with E-state index in [1.54, 1.807) is 12.1 Å². The zero-order valence-corrected chi connectivity index (χ0v) is 16.5. The van der Waals surface area contributed by atoms with Crippen LogP contribution in [0.1, 0.15) is 21.7 Å². The van der Waals surface area contributed by atoms with E-state index in [1.165, 1.54) is 43.4 Å². The molecule has 0 spiro atoms. The third-order valence-electron chi connectivity index (χ3n) is 4.26. The van der Waals surface area contributed by atoms with Gasteiger partial charge in [-0.2, -0.15) is 13.2 Å². The Morgan fingerprint density at radius 2 is 1.73 bits per heavy atom. The van der Waals surface area contributed by atoms with Gasteiger partial charge in [-0.05, 0) is 49.0 Å². The van der Waals surface area contributed by atoms with E-state index in [1.807, 2.05) is 0 Å². The standard InChI is InChI=1S/C20H17F3N2O4S/c1-24-30(27,28)16-7-5-13(6-8-16)12-25-19(26)18-10-9-17(29-18)14-3-2-4-15(11-14)20(21,22)23/h2-11,24H,12H2,1H3,(H,25,26). The first kappa shape index (κ1) is 21.6. The van der Waals surface area contributed by atoms with Crippen LogP contribution in [0.2, 0.25) is 0 Å². The molecule has 0 aliphatic heterocycles. The Morgan fingerprint density at radius 3 is 2.37 bits per heavy atom. The number of rotatable bonds is 6. The van der Waals surface area contributed by atoms with Crippen LogP contribution in [-0.2, 0) is 22.7 Å². The van der Waals surface area contributed by atoms with Crippen LogP contribution in [0.5, 0.6) is 0 Å². The molecule has 0 fully saturated rings. The minimum atomic E-state index is -4.48. The highest BCUT2D eigenvalue weighted by molar-refractivity contribution is 7.89. The molecular weight excluding hydrogens is 421 g/mol. The molecule has 158 valence electrons. The van der Waals surface area contributed by atoms with Crippen LogP contribution in [0.15, 0.2) is 70.0 Å². The zero-order valence-electron chi connectivity index (χ0n) is 15.7. The van der Waals surface area contributed by atoms with E-state index >= 15 is 0 Å². The lowest BCUT2D eigenvalue weighted by Gasteiger charge is -2.07. The number of hydrogen-bond acceptors (Lipinski definition) is 4. The summed E-state index contributed by atoms with van der Waals surface area (Å²) in [5.41, 5.74) is 0.0411. The van der Waals surface area contributed by atoms with E-state index in [4.69, 9.17) is 4.42 Å². The highest BCUT2D eigenvalue weighted by Crippen LogP contribution is 2.32. The largest absolute Gasteiger partial charge is 0.451 e. The number of benzene rings is 2. The molecule has 0 saturated heterocycles. The minimum absolute atomic E-state index is 0.0585. The van der Waals surface area contributed by atoms with Gasteiger partial charge in [0, 0.05) is 12.1 Å². The molecule has 0 aliphatic rings. The van der Waals surface area contributed by atoms with Crippen molar-refractivity contribution in [3.63, 3.8) is 0 Å². The van der Waals surface area contributed by atoms with Crippen molar-refractivity contribution in [2.75, 3.05) is 7.05 Å². The fourth-order valence-corrected chi connectivity index (χ4v) is 3.37. The normalized spacial score (nSPS) is 12.0. The SMILES string of the molecule is CNS(=O)(=O)c1ccc(CNC(=O)c2ccc(-c3cccc(C(F)(F)F)c3)o2)cc1. The van der Waals surface area contributed by atoms with E-state index in [0.717, 1.165) is 12.1 Å². The maximum Gasteiger partial charge on any atom is 0.416 e. The third-order valence-corrected chi connectivity index (χ3v) is 5.69. The summed E-state index contributed by atoms with van der Waals surface area (Å²) in [7, 11) is -2.24. The van der Waals surface area contributed by atoms with E-state index in [-0.39, 0.29) is 28.5 Å². The number of halogens is 3. The Hall–Kier alpha value is -3.11. The molecule has 30 heavy (non-hydrogen) atoms. The van der Waals surface area contributed by atoms with Crippen LogP contribution < -0.4 is 10.0 Å². The number of hydrogen-bond donors (Lipinski definition) is 2. The number of alkyl halides is 3. The quantitative estimate of drug-likeness (QED) is 0.613. The fourth-order valence-electron chi connectivity index (χ4n) is 2.64. The molecule has 1 aromatic heterocycles. The van der Waals surface area contributed by atoms with Gasteiger partial charge in [-0.15, -0.1) is 0 Å². The first-order valence-electron chi connectivity index (χ1n) is 8.68. The van der Waals surface area contributed by atoms with Crippen LogP contribution >= 0.6 is 0 Å². The molecule has 0 saturated carbocycles. The van der Waals surface area contributed by atoms with Gasteiger partial charge in [-0.25, -0.2) is 13.1 Å². The molecule has 1 heterocycles. The predicted octanol–water partition coefficient (Wildman–Crippen LogP) is 3.80. The number of nitrogens with one attached hydrogen (secondary N) is 2. The summed E-state index contributed by atoms with van der Waals surface area (Å²) < 4.78 is 69.6. The summed E-state index contributed by atoms with van der Waals surface area (Å²) in [6.45, 7) is 0.109. The number of amides is 1. The Balaban J connectivity index is 1.67. The summed E-state index contributed by atoms with van der Waals surface area (Å²) in [5.74, 6) is -0.482. The molecule has 2 N–H and O–H groups in total. The monoisotopic (exact) mass is 438 g/mol. The number of carbonyl (C=O) groups is 1. The Kier molecular flexibility index (Phi) is 5.99. The minimum Gasteiger partial charge on any atom is -0.451 e. The molecule has 3 rings (SSSR count). The lowest BCUT2D eigenvalue weighted by atomic mass is 10.1. The van der Waals surface area contributed by atoms with Gasteiger partial charge in [0.05, 0.1) is 10.5 Å². The van der Waals surface area contributed by atoms with Crippen LogP contribution in [0.3, 0.4) is 0 Å². The highest BCUT2D eigenvalue weighted by Gasteiger charge is 2.30. The molecule has 3 aromatic rings. The molecular formula is C20H17F3N2O4S. The Morgan fingerprint density at radius 1 is 1.03 bits per heavy atom. The van der Waals surface area contributed by atoms with E-state index < -0.39 is 27.7 Å². The van der Waals surface area contributed by atoms with Gasteiger partial charge in [-0.3, -0.25) is 4.79 Å². The second kappa shape index (κ2) is 8.33. The average molecular weight is 438 g/mol. The lowest BCUT2D eigenvalue weighted by Crippen LogP contribution is -2.22. The van der Waals surface area contributed by atoms with Crippen molar-refractivity contribution in [1.82, 2.24) is 10.0 Å². The average Bonchev–Trinajstić information content (AvgIpc) is 3.22. The second-order valence-corrected chi connectivity index (χ2v) is 8.16. The van der Waals surface area contributed by atoms with Crippen molar-refractivity contribution in [2.45, 2.75) is 17.6 Å². The predicted molar refractivity (Wildman–Crippen MR) is 103 cm³/mol. The molecule has 0 bridgehead atoms. The van der Waals surface area contributed by atoms with E-state index in [0.29, 0.717) is 5.56 Å². The topological polar surface area (TPSA) is 88.4 Å². The van der Waals surface area contributed by atoms with Crippen molar-refractivity contribution in [2.24, 2.45) is 0 Å². The lowest BCUT2D eigenvalue weighted by molar-refractivity contribution is -0.137. The maximum atomic E-state index is 12.9. The van der Waals surface area contributed by atoms with Gasteiger partial charge in [-0.1, -0.05) is 24.3 Å².